The molecule has 7 heteroatoms. The van der Waals surface area contributed by atoms with Gasteiger partial charge >= 0.3 is 6.03 Å². The number of benzene rings is 1. The maximum absolute atomic E-state index is 11.7. The number of rotatable bonds is 5. The van der Waals surface area contributed by atoms with Crippen LogP contribution in [0.5, 0.6) is 0 Å². The van der Waals surface area contributed by atoms with Crippen molar-refractivity contribution in [3.63, 3.8) is 0 Å². The second kappa shape index (κ2) is 6.71. The number of nitrogens with two attached hydrogens (primary N) is 1. The molecule has 2 unspecified atom stereocenters. The van der Waals surface area contributed by atoms with E-state index in [-0.39, 0.29) is 11.8 Å². The SMILES string of the molecule is CC(CS(C)(=O)=O)NC(=O)Nc1cccc(C(C)N)c1. The quantitative estimate of drug-likeness (QED) is 0.761. The minimum Gasteiger partial charge on any atom is -0.334 e. The monoisotopic (exact) mass is 299 g/mol. The minimum absolute atomic E-state index is 0.0969. The zero-order valence-electron chi connectivity index (χ0n) is 11.9. The van der Waals surface area contributed by atoms with E-state index in [4.69, 9.17) is 5.73 Å². The summed E-state index contributed by atoms with van der Waals surface area (Å²) in [4.78, 5) is 11.7. The summed E-state index contributed by atoms with van der Waals surface area (Å²) in [5, 5.41) is 5.23. The van der Waals surface area contributed by atoms with Crippen LogP contribution in [-0.4, -0.2) is 32.5 Å². The van der Waals surface area contributed by atoms with E-state index in [9.17, 15) is 13.2 Å². The summed E-state index contributed by atoms with van der Waals surface area (Å²) in [5.74, 6) is -0.0969. The fourth-order valence-corrected chi connectivity index (χ4v) is 2.78. The van der Waals surface area contributed by atoms with Gasteiger partial charge in [0.25, 0.3) is 0 Å². The molecule has 1 rings (SSSR count). The third-order valence-corrected chi connectivity index (χ3v) is 3.71. The first kappa shape index (κ1) is 16.5. The summed E-state index contributed by atoms with van der Waals surface area (Å²) in [6.07, 6.45) is 1.13. The molecule has 0 bridgehead atoms. The summed E-state index contributed by atoms with van der Waals surface area (Å²) in [7, 11) is -3.12. The smallest absolute Gasteiger partial charge is 0.319 e. The molecule has 0 saturated carbocycles. The van der Waals surface area contributed by atoms with Crippen molar-refractivity contribution >= 4 is 21.6 Å². The van der Waals surface area contributed by atoms with E-state index in [1.807, 2.05) is 13.0 Å². The molecular weight excluding hydrogens is 278 g/mol. The lowest BCUT2D eigenvalue weighted by Gasteiger charge is -2.14. The molecule has 0 saturated heterocycles. The predicted molar refractivity (Wildman–Crippen MR) is 80.4 cm³/mol. The second-order valence-electron chi connectivity index (χ2n) is 5.01. The number of anilines is 1. The van der Waals surface area contributed by atoms with Crippen LogP contribution in [0.4, 0.5) is 10.5 Å². The molecule has 0 spiro atoms. The molecular formula is C13H21N3O3S. The molecule has 0 aliphatic heterocycles. The number of hydrogen-bond acceptors (Lipinski definition) is 4. The Hall–Kier alpha value is -1.60. The summed E-state index contributed by atoms with van der Waals surface area (Å²) < 4.78 is 22.2. The molecule has 0 aliphatic rings. The Morgan fingerprint density at radius 1 is 1.35 bits per heavy atom. The highest BCUT2D eigenvalue weighted by Gasteiger charge is 2.13. The standard InChI is InChI=1S/C13H21N3O3S/c1-9(8-20(3,18)19)15-13(17)16-12-6-4-5-11(7-12)10(2)14/h4-7,9-10H,8,14H2,1-3H3,(H2,15,16,17). The number of urea groups is 1. The van der Waals surface area contributed by atoms with Crippen LogP contribution in [-0.2, 0) is 9.84 Å². The van der Waals surface area contributed by atoms with Gasteiger partial charge in [-0.1, -0.05) is 12.1 Å². The first-order valence-electron chi connectivity index (χ1n) is 6.28. The maximum Gasteiger partial charge on any atom is 0.319 e. The molecule has 20 heavy (non-hydrogen) atoms. The third kappa shape index (κ3) is 6.03. The molecule has 0 fully saturated rings. The molecule has 0 aliphatic carbocycles. The van der Waals surface area contributed by atoms with Crippen molar-refractivity contribution in [3.8, 4) is 0 Å². The molecule has 1 aromatic carbocycles. The van der Waals surface area contributed by atoms with Gasteiger partial charge < -0.3 is 16.4 Å². The largest absolute Gasteiger partial charge is 0.334 e. The Kier molecular flexibility index (Phi) is 5.52. The topological polar surface area (TPSA) is 101 Å². The lowest BCUT2D eigenvalue weighted by atomic mass is 10.1. The van der Waals surface area contributed by atoms with Gasteiger partial charge in [0.1, 0.15) is 9.84 Å². The number of carbonyl (C=O) groups excluding carboxylic acids is 1. The Labute approximate surface area is 119 Å². The maximum atomic E-state index is 11.7. The first-order chi connectivity index (χ1) is 9.17. The van der Waals surface area contributed by atoms with E-state index in [0.29, 0.717) is 5.69 Å². The Morgan fingerprint density at radius 3 is 2.55 bits per heavy atom. The van der Waals surface area contributed by atoms with E-state index in [1.54, 1.807) is 25.1 Å². The van der Waals surface area contributed by atoms with Crippen LogP contribution in [0.25, 0.3) is 0 Å². The minimum atomic E-state index is -3.12. The number of nitrogens with one attached hydrogen (secondary N) is 2. The van der Waals surface area contributed by atoms with Gasteiger partial charge in [-0.25, -0.2) is 13.2 Å². The van der Waals surface area contributed by atoms with Crippen molar-refractivity contribution < 1.29 is 13.2 Å². The highest BCUT2D eigenvalue weighted by atomic mass is 32.2. The van der Waals surface area contributed by atoms with Gasteiger partial charge in [-0.05, 0) is 31.5 Å². The predicted octanol–water partition coefficient (Wildman–Crippen LogP) is 1.26. The van der Waals surface area contributed by atoms with E-state index in [0.717, 1.165) is 11.8 Å². The van der Waals surface area contributed by atoms with Gasteiger partial charge in [0, 0.05) is 24.0 Å². The van der Waals surface area contributed by atoms with Gasteiger partial charge in [0.15, 0.2) is 0 Å². The summed E-state index contributed by atoms with van der Waals surface area (Å²) >= 11 is 0. The number of carbonyl (C=O) groups is 1. The molecule has 1 aromatic rings. The van der Waals surface area contributed by atoms with Crippen molar-refractivity contribution in [1.29, 1.82) is 0 Å². The van der Waals surface area contributed by atoms with E-state index in [1.165, 1.54) is 0 Å². The summed E-state index contributed by atoms with van der Waals surface area (Å²) in [6, 6.07) is 6.18. The van der Waals surface area contributed by atoms with E-state index >= 15 is 0 Å². The summed E-state index contributed by atoms with van der Waals surface area (Å²) in [5.41, 5.74) is 7.29. The molecule has 4 N–H and O–H groups in total. The van der Waals surface area contributed by atoms with Crippen LogP contribution in [0.3, 0.4) is 0 Å². The number of sulfone groups is 1. The highest BCUT2D eigenvalue weighted by molar-refractivity contribution is 7.90. The fourth-order valence-electron chi connectivity index (χ4n) is 1.79. The average molecular weight is 299 g/mol. The van der Waals surface area contributed by atoms with Crippen molar-refractivity contribution in [1.82, 2.24) is 5.32 Å². The molecule has 112 valence electrons. The van der Waals surface area contributed by atoms with Crippen LogP contribution in [0.2, 0.25) is 0 Å². The molecule has 2 atom stereocenters. The van der Waals surface area contributed by atoms with Crippen LogP contribution in [0, 0.1) is 0 Å². The third-order valence-electron chi connectivity index (χ3n) is 2.60. The summed E-state index contributed by atoms with van der Waals surface area (Å²) in [6.45, 7) is 3.49. The lowest BCUT2D eigenvalue weighted by Crippen LogP contribution is -2.39. The first-order valence-corrected chi connectivity index (χ1v) is 8.34. The van der Waals surface area contributed by atoms with Crippen LogP contribution in [0.15, 0.2) is 24.3 Å². The zero-order valence-corrected chi connectivity index (χ0v) is 12.7. The Balaban J connectivity index is 2.60. The Morgan fingerprint density at radius 2 is 2.00 bits per heavy atom. The van der Waals surface area contributed by atoms with Crippen LogP contribution >= 0.6 is 0 Å². The molecule has 0 aromatic heterocycles. The van der Waals surface area contributed by atoms with Crippen LogP contribution in [0.1, 0.15) is 25.5 Å². The lowest BCUT2D eigenvalue weighted by molar-refractivity contribution is 0.250. The van der Waals surface area contributed by atoms with Gasteiger partial charge in [-0.3, -0.25) is 0 Å². The van der Waals surface area contributed by atoms with Gasteiger partial charge in [0.05, 0.1) is 5.75 Å². The molecule has 2 amide bonds. The normalized spacial score (nSPS) is 14.4. The number of hydrogen-bond donors (Lipinski definition) is 3. The van der Waals surface area contributed by atoms with Crippen molar-refractivity contribution in [3.05, 3.63) is 29.8 Å². The van der Waals surface area contributed by atoms with Crippen molar-refractivity contribution in [2.45, 2.75) is 25.9 Å². The second-order valence-corrected chi connectivity index (χ2v) is 7.19. The van der Waals surface area contributed by atoms with Crippen LogP contribution < -0.4 is 16.4 Å². The van der Waals surface area contributed by atoms with Crippen molar-refractivity contribution in [2.75, 3.05) is 17.3 Å². The molecule has 0 heterocycles. The molecule has 6 nitrogen and oxygen atoms in total. The average Bonchev–Trinajstić information content (AvgIpc) is 2.25. The fraction of sp³-hybridized carbons (Fsp3) is 0.462. The van der Waals surface area contributed by atoms with Gasteiger partial charge in [0.2, 0.25) is 0 Å². The Bertz CT molecular complexity index is 570. The molecule has 0 radical (unpaired) electrons. The van der Waals surface area contributed by atoms with Crippen molar-refractivity contribution in [2.24, 2.45) is 5.73 Å². The van der Waals surface area contributed by atoms with Gasteiger partial charge in [-0.15, -0.1) is 0 Å². The highest BCUT2D eigenvalue weighted by Crippen LogP contribution is 2.15. The van der Waals surface area contributed by atoms with E-state index < -0.39 is 21.9 Å². The zero-order chi connectivity index (χ0) is 15.3. The van der Waals surface area contributed by atoms with E-state index in [2.05, 4.69) is 10.6 Å². The van der Waals surface area contributed by atoms with Gasteiger partial charge in [-0.2, -0.15) is 0 Å². The number of amides is 2.